The summed E-state index contributed by atoms with van der Waals surface area (Å²) >= 11 is 3.43. The number of benzene rings is 1. The Morgan fingerprint density at radius 1 is 1.47 bits per heavy atom. The molecule has 1 rings (SSSR count). The molecule has 0 saturated heterocycles. The van der Waals surface area contributed by atoms with Gasteiger partial charge >= 0.3 is 5.97 Å². The van der Waals surface area contributed by atoms with Crippen molar-refractivity contribution in [2.24, 2.45) is 5.41 Å². The largest absolute Gasteiger partial charge is 0.496 e. The van der Waals surface area contributed by atoms with Gasteiger partial charge in [0.25, 0.3) is 0 Å². The molecule has 0 saturated carbocycles. The van der Waals surface area contributed by atoms with Gasteiger partial charge in [-0.3, -0.25) is 4.79 Å². The third-order valence-electron chi connectivity index (χ3n) is 2.93. The van der Waals surface area contributed by atoms with E-state index in [2.05, 4.69) is 15.9 Å². The molecule has 0 unspecified atom stereocenters. The van der Waals surface area contributed by atoms with Gasteiger partial charge in [0.1, 0.15) is 5.75 Å². The summed E-state index contributed by atoms with van der Waals surface area (Å²) in [6, 6.07) is 5.81. The average Bonchev–Trinajstić information content (AvgIpc) is 2.28. The third-order valence-corrected chi connectivity index (χ3v) is 3.42. The molecular weight excluding hydrogens is 310 g/mol. The highest BCUT2D eigenvalue weighted by molar-refractivity contribution is 9.10. The maximum absolute atomic E-state index is 11.1. The lowest BCUT2D eigenvalue weighted by Crippen LogP contribution is -2.36. The zero-order chi connectivity index (χ0) is 14.6. The zero-order valence-corrected chi connectivity index (χ0v) is 13.3. The third kappa shape index (κ3) is 4.51. The lowest BCUT2D eigenvalue weighted by Gasteiger charge is -2.27. The Hall–Kier alpha value is -1.07. The highest BCUT2D eigenvalue weighted by Crippen LogP contribution is 2.25. The van der Waals surface area contributed by atoms with E-state index in [1.54, 1.807) is 21.0 Å². The molecule has 1 aromatic carbocycles. The van der Waals surface area contributed by atoms with Crippen LogP contribution in [0.5, 0.6) is 5.75 Å². The Morgan fingerprint density at radius 2 is 2.11 bits per heavy atom. The first-order chi connectivity index (χ1) is 8.76. The van der Waals surface area contributed by atoms with Gasteiger partial charge in [-0.1, -0.05) is 15.9 Å². The fraction of sp³-hybridized carbons (Fsp3) is 0.500. The van der Waals surface area contributed by atoms with Gasteiger partial charge in [-0.2, -0.15) is 0 Å². The molecule has 0 spiro atoms. The molecule has 106 valence electrons. The molecule has 0 fully saturated rings. The fourth-order valence-electron chi connectivity index (χ4n) is 1.96. The second kappa shape index (κ2) is 6.39. The summed E-state index contributed by atoms with van der Waals surface area (Å²) in [7, 11) is 3.54. The van der Waals surface area contributed by atoms with Crippen molar-refractivity contribution in [3.05, 3.63) is 28.2 Å². The van der Waals surface area contributed by atoms with E-state index in [4.69, 9.17) is 9.84 Å². The summed E-state index contributed by atoms with van der Waals surface area (Å²) in [6.07, 6.45) is 0. The van der Waals surface area contributed by atoms with Gasteiger partial charge in [-0.15, -0.1) is 0 Å². The highest BCUT2D eigenvalue weighted by atomic mass is 79.9. The van der Waals surface area contributed by atoms with Gasteiger partial charge in [0.15, 0.2) is 0 Å². The number of hydrogen-bond acceptors (Lipinski definition) is 3. The van der Waals surface area contributed by atoms with E-state index < -0.39 is 11.4 Å². The maximum Gasteiger partial charge on any atom is 0.310 e. The van der Waals surface area contributed by atoms with Crippen LogP contribution < -0.4 is 4.74 Å². The number of halogens is 1. The molecule has 0 atom stereocenters. The number of carbonyl (C=O) groups is 1. The van der Waals surface area contributed by atoms with Crippen LogP contribution >= 0.6 is 15.9 Å². The zero-order valence-electron chi connectivity index (χ0n) is 11.7. The lowest BCUT2D eigenvalue weighted by molar-refractivity contribution is -0.147. The molecule has 1 N–H and O–H groups in total. The first-order valence-electron chi connectivity index (χ1n) is 6.00. The van der Waals surface area contributed by atoms with Crippen molar-refractivity contribution in [3.63, 3.8) is 0 Å². The standard InChI is InChI=1S/C14H20BrNO3/c1-14(2,13(17)18)9-16(3)8-10-7-11(15)5-6-12(10)19-4/h5-7H,8-9H2,1-4H3,(H,17,18). The van der Waals surface area contributed by atoms with Gasteiger partial charge in [0.2, 0.25) is 0 Å². The van der Waals surface area contributed by atoms with Crippen molar-refractivity contribution in [2.45, 2.75) is 20.4 Å². The van der Waals surface area contributed by atoms with Crippen molar-refractivity contribution in [1.82, 2.24) is 4.90 Å². The van der Waals surface area contributed by atoms with E-state index in [-0.39, 0.29) is 0 Å². The summed E-state index contributed by atoms with van der Waals surface area (Å²) in [6.45, 7) is 4.56. The topological polar surface area (TPSA) is 49.8 Å². The Labute approximate surface area is 122 Å². The van der Waals surface area contributed by atoms with Gasteiger partial charge in [0.05, 0.1) is 12.5 Å². The summed E-state index contributed by atoms with van der Waals surface area (Å²) in [4.78, 5) is 13.1. The molecule has 0 aliphatic rings. The van der Waals surface area contributed by atoms with E-state index >= 15 is 0 Å². The number of aliphatic carboxylic acids is 1. The van der Waals surface area contributed by atoms with Crippen molar-refractivity contribution in [2.75, 3.05) is 20.7 Å². The van der Waals surface area contributed by atoms with Crippen LogP contribution in [0, 0.1) is 5.41 Å². The molecule has 5 heteroatoms. The summed E-state index contributed by atoms with van der Waals surface area (Å²) < 4.78 is 6.30. The predicted octanol–water partition coefficient (Wildman–Crippen LogP) is 3.00. The van der Waals surface area contributed by atoms with Gasteiger partial charge in [-0.05, 0) is 39.1 Å². The summed E-state index contributed by atoms with van der Waals surface area (Å²) in [5.41, 5.74) is 0.258. The van der Waals surface area contributed by atoms with Crippen LogP contribution in [0.2, 0.25) is 0 Å². The number of nitrogens with zero attached hydrogens (tertiary/aromatic N) is 1. The van der Waals surface area contributed by atoms with Gasteiger partial charge in [0, 0.05) is 23.1 Å². The van der Waals surface area contributed by atoms with Crippen LogP contribution in [0.25, 0.3) is 0 Å². The Bertz CT molecular complexity index is 460. The van der Waals surface area contributed by atoms with Crippen molar-refractivity contribution in [3.8, 4) is 5.75 Å². The maximum atomic E-state index is 11.1. The molecule has 0 amide bonds. The SMILES string of the molecule is COc1ccc(Br)cc1CN(C)CC(C)(C)C(=O)O. The highest BCUT2D eigenvalue weighted by Gasteiger charge is 2.28. The fourth-order valence-corrected chi connectivity index (χ4v) is 2.37. The predicted molar refractivity (Wildman–Crippen MR) is 78.4 cm³/mol. The normalized spacial score (nSPS) is 11.7. The number of carboxylic acids is 1. The van der Waals surface area contributed by atoms with Crippen LogP contribution in [0.4, 0.5) is 0 Å². The molecular formula is C14H20BrNO3. The second-order valence-corrected chi connectivity index (χ2v) is 6.23. The van der Waals surface area contributed by atoms with E-state index in [9.17, 15) is 4.79 Å². The molecule has 1 aromatic rings. The average molecular weight is 330 g/mol. The second-order valence-electron chi connectivity index (χ2n) is 5.32. The minimum absolute atomic E-state index is 0.470. The number of carboxylic acid groups (broad SMARTS) is 1. The number of ether oxygens (including phenoxy) is 1. The van der Waals surface area contributed by atoms with Crippen LogP contribution in [0.1, 0.15) is 19.4 Å². The summed E-state index contributed by atoms with van der Waals surface area (Å²) in [5, 5.41) is 9.14. The molecule has 0 bridgehead atoms. The van der Waals surface area contributed by atoms with E-state index in [0.717, 1.165) is 15.8 Å². The molecule has 0 aliphatic carbocycles. The van der Waals surface area contributed by atoms with Crippen molar-refractivity contribution < 1.29 is 14.6 Å². The molecule has 0 aromatic heterocycles. The van der Waals surface area contributed by atoms with Crippen LogP contribution in [0.15, 0.2) is 22.7 Å². The Morgan fingerprint density at radius 3 is 2.63 bits per heavy atom. The van der Waals surface area contributed by atoms with E-state index in [1.807, 2.05) is 30.1 Å². The quantitative estimate of drug-likeness (QED) is 0.871. The van der Waals surface area contributed by atoms with E-state index in [0.29, 0.717) is 13.1 Å². The first kappa shape index (κ1) is 16.0. The smallest absolute Gasteiger partial charge is 0.310 e. The van der Waals surface area contributed by atoms with Crippen LogP contribution in [-0.4, -0.2) is 36.7 Å². The lowest BCUT2D eigenvalue weighted by atomic mass is 9.93. The van der Waals surface area contributed by atoms with Crippen molar-refractivity contribution >= 4 is 21.9 Å². The minimum atomic E-state index is -0.791. The monoisotopic (exact) mass is 329 g/mol. The molecule has 4 nitrogen and oxygen atoms in total. The van der Waals surface area contributed by atoms with Gasteiger partial charge in [-0.25, -0.2) is 0 Å². The number of methoxy groups -OCH3 is 1. The Kier molecular flexibility index (Phi) is 5.38. The molecule has 0 heterocycles. The minimum Gasteiger partial charge on any atom is -0.496 e. The molecule has 0 aliphatic heterocycles. The molecule has 19 heavy (non-hydrogen) atoms. The number of rotatable bonds is 6. The van der Waals surface area contributed by atoms with E-state index in [1.165, 1.54) is 0 Å². The Balaban J connectivity index is 2.79. The van der Waals surface area contributed by atoms with Crippen LogP contribution in [-0.2, 0) is 11.3 Å². The number of hydrogen-bond donors (Lipinski definition) is 1. The first-order valence-corrected chi connectivity index (χ1v) is 6.80. The van der Waals surface area contributed by atoms with Gasteiger partial charge < -0.3 is 14.7 Å². The van der Waals surface area contributed by atoms with Crippen molar-refractivity contribution in [1.29, 1.82) is 0 Å². The molecule has 0 radical (unpaired) electrons. The summed E-state index contributed by atoms with van der Waals surface area (Å²) in [5.74, 6) is 0.0174. The van der Waals surface area contributed by atoms with Crippen LogP contribution in [0.3, 0.4) is 0 Å².